The molecule has 1 aliphatic rings. The lowest BCUT2D eigenvalue weighted by atomic mass is 10.2. The van der Waals surface area contributed by atoms with Gasteiger partial charge in [-0.15, -0.1) is 0 Å². The maximum absolute atomic E-state index is 14.3. The predicted octanol–water partition coefficient (Wildman–Crippen LogP) is 3.96. The van der Waals surface area contributed by atoms with E-state index in [1.54, 1.807) is 12.1 Å². The Morgan fingerprint density at radius 1 is 1.15 bits per heavy atom. The van der Waals surface area contributed by atoms with Crippen molar-refractivity contribution in [3.8, 4) is 5.75 Å². The maximum atomic E-state index is 14.3. The highest BCUT2D eigenvalue weighted by Gasteiger charge is 2.39. The monoisotopic (exact) mass is 511 g/mol. The Hall–Kier alpha value is -2.34. The van der Waals surface area contributed by atoms with E-state index < -0.39 is 31.7 Å². The minimum Gasteiger partial charge on any atom is -0.494 e. The fraction of sp³-hybridized carbons (Fsp3) is 0.273. The molecule has 1 fully saturated rings. The number of furan rings is 1. The van der Waals surface area contributed by atoms with Crippen LogP contribution >= 0.6 is 11.8 Å². The molecule has 2 heterocycles. The van der Waals surface area contributed by atoms with Gasteiger partial charge in [0.15, 0.2) is 26.5 Å². The molecule has 1 atom stereocenters. The summed E-state index contributed by atoms with van der Waals surface area (Å²) < 4.78 is 77.1. The van der Waals surface area contributed by atoms with Crippen LogP contribution in [0.15, 0.2) is 80.0 Å². The standard InChI is InChI=1S/C22H22FNO6S3/c1-29-21-9-8-19(13-20(21)23)33(27,28)24(16-11-12-32(25,26)15-16)14-17-7-10-22(30-17)31-18-5-3-2-4-6-18/h2-10,13,16H,11-12,14-15H2,1H3. The van der Waals surface area contributed by atoms with Crippen molar-refractivity contribution in [3.05, 3.63) is 72.2 Å². The Balaban J connectivity index is 1.64. The number of methoxy groups -OCH3 is 1. The van der Waals surface area contributed by atoms with Gasteiger partial charge in [-0.25, -0.2) is 21.2 Å². The van der Waals surface area contributed by atoms with Crippen molar-refractivity contribution in [1.29, 1.82) is 0 Å². The van der Waals surface area contributed by atoms with Crippen molar-refractivity contribution in [2.45, 2.75) is 33.9 Å². The van der Waals surface area contributed by atoms with Gasteiger partial charge in [0.2, 0.25) is 10.0 Å². The van der Waals surface area contributed by atoms with E-state index in [0.717, 1.165) is 15.3 Å². The molecular formula is C22H22FNO6S3. The number of nitrogens with zero attached hydrogens (tertiary/aromatic N) is 1. The first kappa shape index (κ1) is 23.8. The number of hydrogen-bond donors (Lipinski definition) is 0. The first-order valence-corrected chi connectivity index (χ1v) is 14.1. The third-order valence-corrected chi connectivity index (χ3v) is 9.83. The summed E-state index contributed by atoms with van der Waals surface area (Å²) in [7, 11) is -6.31. The Kier molecular flexibility index (Phi) is 6.85. The molecule has 0 radical (unpaired) electrons. The number of benzene rings is 2. The molecule has 33 heavy (non-hydrogen) atoms. The summed E-state index contributed by atoms with van der Waals surface area (Å²) in [6.07, 6.45) is 0.159. The topological polar surface area (TPSA) is 93.9 Å². The zero-order valence-electron chi connectivity index (χ0n) is 17.7. The van der Waals surface area contributed by atoms with Crippen LogP contribution in [0.3, 0.4) is 0 Å². The zero-order chi connectivity index (χ0) is 23.6. The summed E-state index contributed by atoms with van der Waals surface area (Å²) in [5.41, 5.74) is 0. The van der Waals surface area contributed by atoms with E-state index in [-0.39, 0.29) is 35.1 Å². The van der Waals surface area contributed by atoms with E-state index in [4.69, 9.17) is 9.15 Å². The predicted molar refractivity (Wildman–Crippen MR) is 122 cm³/mol. The van der Waals surface area contributed by atoms with Crippen LogP contribution in [-0.2, 0) is 26.4 Å². The third kappa shape index (κ3) is 5.43. The number of rotatable bonds is 8. The van der Waals surface area contributed by atoms with Crippen LogP contribution in [0.5, 0.6) is 5.75 Å². The van der Waals surface area contributed by atoms with E-state index in [9.17, 15) is 21.2 Å². The molecule has 7 nitrogen and oxygen atoms in total. The summed E-state index contributed by atoms with van der Waals surface area (Å²) in [5, 5.41) is 0.572. The molecule has 4 rings (SSSR count). The van der Waals surface area contributed by atoms with Crippen molar-refractivity contribution < 1.29 is 30.4 Å². The molecular weight excluding hydrogens is 489 g/mol. The highest BCUT2D eigenvalue weighted by Crippen LogP contribution is 2.32. The average molecular weight is 512 g/mol. The summed E-state index contributed by atoms with van der Waals surface area (Å²) >= 11 is 1.38. The number of sulfone groups is 1. The number of ether oxygens (including phenoxy) is 1. The van der Waals surface area contributed by atoms with Crippen molar-refractivity contribution in [1.82, 2.24) is 4.31 Å². The van der Waals surface area contributed by atoms with Gasteiger partial charge in [-0.3, -0.25) is 0 Å². The molecule has 3 aromatic rings. The van der Waals surface area contributed by atoms with Crippen molar-refractivity contribution >= 4 is 31.6 Å². The van der Waals surface area contributed by atoms with Gasteiger partial charge >= 0.3 is 0 Å². The van der Waals surface area contributed by atoms with Gasteiger partial charge in [0.05, 0.1) is 30.1 Å². The molecule has 0 spiro atoms. The highest BCUT2D eigenvalue weighted by molar-refractivity contribution is 7.99. The van der Waals surface area contributed by atoms with E-state index in [2.05, 4.69) is 0 Å². The summed E-state index contributed by atoms with van der Waals surface area (Å²) in [6.45, 7) is -0.175. The largest absolute Gasteiger partial charge is 0.494 e. The molecule has 1 unspecified atom stereocenters. The third-order valence-electron chi connectivity index (χ3n) is 5.26. The number of halogens is 1. The van der Waals surface area contributed by atoms with E-state index >= 15 is 0 Å². The molecule has 11 heteroatoms. The molecule has 2 aromatic carbocycles. The van der Waals surface area contributed by atoms with Crippen LogP contribution < -0.4 is 4.74 Å². The quantitative estimate of drug-likeness (QED) is 0.452. The normalized spacial score (nSPS) is 18.0. The molecule has 0 aliphatic carbocycles. The Morgan fingerprint density at radius 2 is 1.91 bits per heavy atom. The first-order valence-electron chi connectivity index (χ1n) is 10.1. The van der Waals surface area contributed by atoms with Crippen LogP contribution in [-0.4, -0.2) is 45.8 Å². The van der Waals surface area contributed by atoms with Gasteiger partial charge < -0.3 is 9.15 Å². The van der Waals surface area contributed by atoms with Gasteiger partial charge in [-0.1, -0.05) is 30.0 Å². The Morgan fingerprint density at radius 3 is 2.55 bits per heavy atom. The van der Waals surface area contributed by atoms with Gasteiger partial charge in [0, 0.05) is 10.9 Å². The number of sulfonamides is 1. The molecule has 0 bridgehead atoms. The summed E-state index contributed by atoms with van der Waals surface area (Å²) in [4.78, 5) is 0.675. The molecule has 176 valence electrons. The lowest BCUT2D eigenvalue weighted by Crippen LogP contribution is -2.40. The Labute approximate surface area is 196 Å². The van der Waals surface area contributed by atoms with E-state index in [0.29, 0.717) is 10.9 Å². The first-order chi connectivity index (χ1) is 15.7. The SMILES string of the molecule is COc1ccc(S(=O)(=O)N(Cc2ccc(Sc3ccccc3)o2)C2CCS(=O)(=O)C2)cc1F. The van der Waals surface area contributed by atoms with E-state index in [1.807, 2.05) is 30.3 Å². The van der Waals surface area contributed by atoms with Gasteiger partial charge in [0.1, 0.15) is 5.76 Å². The second kappa shape index (κ2) is 9.49. The van der Waals surface area contributed by atoms with Crippen molar-refractivity contribution in [2.75, 3.05) is 18.6 Å². The molecule has 1 aliphatic heterocycles. The van der Waals surface area contributed by atoms with Gasteiger partial charge in [0.25, 0.3) is 0 Å². The van der Waals surface area contributed by atoms with Gasteiger partial charge in [-0.05, 0) is 48.9 Å². The molecule has 1 saturated heterocycles. The van der Waals surface area contributed by atoms with Crippen molar-refractivity contribution in [2.24, 2.45) is 0 Å². The van der Waals surface area contributed by atoms with E-state index in [1.165, 1.54) is 31.0 Å². The lowest BCUT2D eigenvalue weighted by Gasteiger charge is -2.26. The maximum Gasteiger partial charge on any atom is 0.243 e. The van der Waals surface area contributed by atoms with Crippen LogP contribution in [0.4, 0.5) is 4.39 Å². The fourth-order valence-corrected chi connectivity index (χ4v) is 7.88. The lowest BCUT2D eigenvalue weighted by molar-refractivity contribution is 0.295. The van der Waals surface area contributed by atoms with Crippen LogP contribution in [0.1, 0.15) is 12.2 Å². The minimum absolute atomic E-state index is 0.0856. The summed E-state index contributed by atoms with van der Waals surface area (Å²) in [6, 6.07) is 15.5. The second-order valence-corrected chi connectivity index (χ2v) is 12.7. The van der Waals surface area contributed by atoms with Crippen LogP contribution in [0.25, 0.3) is 0 Å². The smallest absolute Gasteiger partial charge is 0.243 e. The van der Waals surface area contributed by atoms with Gasteiger partial charge in [-0.2, -0.15) is 4.31 Å². The molecule has 1 aromatic heterocycles. The number of hydrogen-bond acceptors (Lipinski definition) is 7. The summed E-state index contributed by atoms with van der Waals surface area (Å²) in [5.74, 6) is -0.949. The average Bonchev–Trinajstić information content (AvgIpc) is 3.37. The molecule has 0 N–H and O–H groups in total. The molecule has 0 amide bonds. The van der Waals surface area contributed by atoms with Crippen LogP contribution in [0.2, 0.25) is 0 Å². The zero-order valence-corrected chi connectivity index (χ0v) is 20.1. The molecule has 0 saturated carbocycles. The van der Waals surface area contributed by atoms with Crippen LogP contribution in [0, 0.1) is 5.82 Å². The second-order valence-electron chi connectivity index (χ2n) is 7.54. The highest BCUT2D eigenvalue weighted by atomic mass is 32.2. The fourth-order valence-electron chi connectivity index (χ4n) is 3.61. The minimum atomic E-state index is -4.22. The van der Waals surface area contributed by atoms with Crippen molar-refractivity contribution in [3.63, 3.8) is 0 Å². The Bertz CT molecular complexity index is 1340.